The molecule has 14 heavy (non-hydrogen) atoms. The topological polar surface area (TPSA) is 33.0 Å². The van der Waals surface area contributed by atoms with E-state index in [0.29, 0.717) is 12.6 Å². The van der Waals surface area contributed by atoms with Gasteiger partial charge < -0.3 is 5.32 Å². The summed E-state index contributed by atoms with van der Waals surface area (Å²) in [6, 6.07) is 6.37. The first kappa shape index (κ1) is 9.19. The molecule has 0 unspecified atom stereocenters. The molecule has 1 heterocycles. The van der Waals surface area contributed by atoms with E-state index in [-0.39, 0.29) is 5.91 Å². The number of hydrogen-bond donors (Lipinski definition) is 1. The molecule has 1 fully saturated rings. The van der Waals surface area contributed by atoms with Gasteiger partial charge in [0.1, 0.15) is 0 Å². The zero-order valence-electron chi connectivity index (χ0n) is 8.36. The Kier molecular flexibility index (Phi) is 2.48. The molecule has 1 aliphatic rings. The minimum absolute atomic E-state index is 0.117. The fourth-order valence-electron chi connectivity index (χ4n) is 1.39. The minimum atomic E-state index is 0.117. The van der Waals surface area contributed by atoms with E-state index in [1.165, 1.54) is 0 Å². The zero-order valence-corrected chi connectivity index (χ0v) is 8.36. The van der Waals surface area contributed by atoms with E-state index in [1.54, 1.807) is 0 Å². The molecule has 0 atom stereocenters. The van der Waals surface area contributed by atoms with Crippen molar-refractivity contribution in [1.29, 1.82) is 0 Å². The SMILES string of the molecule is Cc1cccc[n+]1CC(=O)NC1CC1. The van der Waals surface area contributed by atoms with E-state index in [1.807, 2.05) is 35.9 Å². The second kappa shape index (κ2) is 3.78. The van der Waals surface area contributed by atoms with Crippen molar-refractivity contribution in [3.8, 4) is 0 Å². The lowest BCUT2D eigenvalue weighted by atomic mass is 10.3. The average molecular weight is 191 g/mol. The number of aromatic nitrogens is 1. The molecule has 1 N–H and O–H groups in total. The molecule has 3 heteroatoms. The number of nitrogens with one attached hydrogen (secondary N) is 1. The summed E-state index contributed by atoms with van der Waals surface area (Å²) in [4.78, 5) is 11.5. The summed E-state index contributed by atoms with van der Waals surface area (Å²) in [5, 5.41) is 2.97. The fraction of sp³-hybridized carbons (Fsp3) is 0.455. The van der Waals surface area contributed by atoms with Crippen molar-refractivity contribution < 1.29 is 9.36 Å². The lowest BCUT2D eigenvalue weighted by Gasteiger charge is -2.01. The summed E-state index contributed by atoms with van der Waals surface area (Å²) in [6.45, 7) is 2.44. The Morgan fingerprint density at radius 3 is 3.00 bits per heavy atom. The molecule has 3 nitrogen and oxygen atoms in total. The van der Waals surface area contributed by atoms with Crippen LogP contribution in [0.2, 0.25) is 0 Å². The van der Waals surface area contributed by atoms with E-state index in [0.717, 1.165) is 18.5 Å². The smallest absolute Gasteiger partial charge is 0.286 e. The van der Waals surface area contributed by atoms with Crippen LogP contribution in [0.1, 0.15) is 18.5 Å². The molecule has 1 aromatic heterocycles. The molecule has 0 aliphatic heterocycles. The number of rotatable bonds is 3. The molecule has 0 spiro atoms. The maximum absolute atomic E-state index is 11.5. The van der Waals surface area contributed by atoms with Crippen LogP contribution in [-0.2, 0) is 11.3 Å². The van der Waals surface area contributed by atoms with Gasteiger partial charge in [-0.15, -0.1) is 0 Å². The highest BCUT2D eigenvalue weighted by molar-refractivity contribution is 5.75. The van der Waals surface area contributed by atoms with Crippen LogP contribution in [0, 0.1) is 6.92 Å². The second-order valence-electron chi connectivity index (χ2n) is 3.81. The van der Waals surface area contributed by atoms with Crippen molar-refractivity contribution in [1.82, 2.24) is 5.32 Å². The number of hydrogen-bond acceptors (Lipinski definition) is 1. The summed E-state index contributed by atoms with van der Waals surface area (Å²) in [7, 11) is 0. The molecule has 1 amide bonds. The van der Waals surface area contributed by atoms with Crippen molar-refractivity contribution in [3.05, 3.63) is 30.1 Å². The molecule has 1 saturated carbocycles. The standard InChI is InChI=1S/C11H14N2O/c1-9-4-2-3-7-13(9)8-11(14)12-10-5-6-10/h2-4,7,10H,5-6,8H2,1H3/p+1. The molecule has 0 radical (unpaired) electrons. The van der Waals surface area contributed by atoms with Crippen molar-refractivity contribution in [2.45, 2.75) is 32.4 Å². The maximum atomic E-state index is 11.5. The largest absolute Gasteiger partial charge is 0.348 e. The highest BCUT2D eigenvalue weighted by atomic mass is 16.2. The van der Waals surface area contributed by atoms with Crippen LogP contribution < -0.4 is 9.88 Å². The summed E-state index contributed by atoms with van der Waals surface area (Å²) < 4.78 is 1.96. The predicted molar refractivity (Wildman–Crippen MR) is 52.5 cm³/mol. The van der Waals surface area contributed by atoms with Crippen LogP contribution in [0.5, 0.6) is 0 Å². The molecular weight excluding hydrogens is 176 g/mol. The van der Waals surface area contributed by atoms with Gasteiger partial charge in [-0.2, -0.15) is 4.57 Å². The van der Waals surface area contributed by atoms with Gasteiger partial charge in [-0.05, 0) is 12.8 Å². The van der Waals surface area contributed by atoms with E-state index < -0.39 is 0 Å². The van der Waals surface area contributed by atoms with Gasteiger partial charge in [0.05, 0.1) is 0 Å². The monoisotopic (exact) mass is 191 g/mol. The third kappa shape index (κ3) is 2.31. The molecule has 2 rings (SSSR count). The normalized spacial score (nSPS) is 15.2. The van der Waals surface area contributed by atoms with E-state index in [2.05, 4.69) is 5.32 Å². The van der Waals surface area contributed by atoms with Crippen LogP contribution >= 0.6 is 0 Å². The molecule has 1 aromatic rings. The lowest BCUT2D eigenvalue weighted by molar-refractivity contribution is -0.690. The van der Waals surface area contributed by atoms with Crippen LogP contribution in [0.4, 0.5) is 0 Å². The van der Waals surface area contributed by atoms with E-state index in [4.69, 9.17) is 0 Å². The molecule has 0 saturated heterocycles. The Labute approximate surface area is 83.8 Å². The van der Waals surface area contributed by atoms with Gasteiger partial charge in [-0.3, -0.25) is 4.79 Å². The van der Waals surface area contributed by atoms with Crippen LogP contribution in [0.3, 0.4) is 0 Å². The zero-order chi connectivity index (χ0) is 9.97. The lowest BCUT2D eigenvalue weighted by Crippen LogP contribution is -2.45. The van der Waals surface area contributed by atoms with Gasteiger partial charge in [0.15, 0.2) is 11.9 Å². The molecule has 1 aliphatic carbocycles. The van der Waals surface area contributed by atoms with Crippen molar-refractivity contribution in [3.63, 3.8) is 0 Å². The Balaban J connectivity index is 1.95. The molecule has 74 valence electrons. The van der Waals surface area contributed by atoms with Gasteiger partial charge in [-0.25, -0.2) is 0 Å². The van der Waals surface area contributed by atoms with Crippen LogP contribution in [0.15, 0.2) is 24.4 Å². The summed E-state index contributed by atoms with van der Waals surface area (Å²) in [5.41, 5.74) is 1.11. The number of aryl methyl sites for hydroxylation is 1. The third-order valence-corrected chi connectivity index (χ3v) is 2.42. The summed E-state index contributed by atoms with van der Waals surface area (Å²) in [5.74, 6) is 0.117. The number of nitrogens with zero attached hydrogens (tertiary/aromatic N) is 1. The first-order valence-electron chi connectivity index (χ1n) is 5.00. The molecule has 0 aromatic carbocycles. The Hall–Kier alpha value is -1.38. The van der Waals surface area contributed by atoms with Gasteiger partial charge in [0.25, 0.3) is 5.91 Å². The van der Waals surface area contributed by atoms with Gasteiger partial charge in [0.2, 0.25) is 6.54 Å². The third-order valence-electron chi connectivity index (χ3n) is 2.42. The Morgan fingerprint density at radius 2 is 2.36 bits per heavy atom. The van der Waals surface area contributed by atoms with Gasteiger partial charge in [-0.1, -0.05) is 6.07 Å². The molecular formula is C11H15N2O+. The van der Waals surface area contributed by atoms with E-state index >= 15 is 0 Å². The number of carbonyl (C=O) groups is 1. The number of pyridine rings is 1. The minimum Gasteiger partial charge on any atom is -0.348 e. The predicted octanol–water partition coefficient (Wildman–Crippen LogP) is 0.561. The second-order valence-corrected chi connectivity index (χ2v) is 3.81. The quantitative estimate of drug-likeness (QED) is 0.696. The number of carbonyl (C=O) groups excluding carboxylic acids is 1. The Morgan fingerprint density at radius 1 is 1.57 bits per heavy atom. The Bertz CT molecular complexity index is 345. The van der Waals surface area contributed by atoms with Crippen molar-refractivity contribution in [2.75, 3.05) is 0 Å². The summed E-state index contributed by atoms with van der Waals surface area (Å²) in [6.07, 6.45) is 4.22. The fourth-order valence-corrected chi connectivity index (χ4v) is 1.39. The average Bonchev–Trinajstić information content (AvgIpc) is 2.93. The maximum Gasteiger partial charge on any atom is 0.286 e. The molecule has 0 bridgehead atoms. The number of amides is 1. The van der Waals surface area contributed by atoms with Crippen molar-refractivity contribution >= 4 is 5.91 Å². The van der Waals surface area contributed by atoms with Gasteiger partial charge >= 0.3 is 0 Å². The van der Waals surface area contributed by atoms with Crippen molar-refractivity contribution in [2.24, 2.45) is 0 Å². The van der Waals surface area contributed by atoms with Gasteiger partial charge in [0, 0.05) is 25.1 Å². The first-order valence-corrected chi connectivity index (χ1v) is 5.00. The van der Waals surface area contributed by atoms with Crippen LogP contribution in [-0.4, -0.2) is 11.9 Å². The first-order chi connectivity index (χ1) is 6.75. The summed E-state index contributed by atoms with van der Waals surface area (Å²) >= 11 is 0. The van der Waals surface area contributed by atoms with Crippen LogP contribution in [0.25, 0.3) is 0 Å². The van der Waals surface area contributed by atoms with E-state index in [9.17, 15) is 4.79 Å². The highest BCUT2D eigenvalue weighted by Crippen LogP contribution is 2.18. The highest BCUT2D eigenvalue weighted by Gasteiger charge is 2.24.